The van der Waals surface area contributed by atoms with E-state index in [9.17, 15) is 13.6 Å². The Bertz CT molecular complexity index is 943. The standard InChI is InChI=1S/C19H18F2N4OS/c1-3-24(15-8-9-16(20)17(21)10-15)18(26)11-27-19-23-22-12-25(19)14-6-4-13(2)5-7-14/h4-10,12H,3,11H2,1-2H3. The Hall–Kier alpha value is -2.74. The zero-order chi connectivity index (χ0) is 19.4. The summed E-state index contributed by atoms with van der Waals surface area (Å²) in [7, 11) is 0. The molecule has 1 heterocycles. The van der Waals surface area contributed by atoms with Gasteiger partial charge in [-0.25, -0.2) is 8.78 Å². The highest BCUT2D eigenvalue weighted by molar-refractivity contribution is 7.99. The maximum Gasteiger partial charge on any atom is 0.237 e. The molecule has 1 amide bonds. The number of nitrogens with zero attached hydrogens (tertiary/aromatic N) is 4. The third-order valence-electron chi connectivity index (χ3n) is 3.99. The molecule has 1 aromatic heterocycles. The van der Waals surface area contributed by atoms with Gasteiger partial charge in [-0.1, -0.05) is 29.5 Å². The molecule has 0 saturated heterocycles. The lowest BCUT2D eigenvalue weighted by molar-refractivity contribution is -0.116. The fourth-order valence-electron chi connectivity index (χ4n) is 2.57. The van der Waals surface area contributed by atoms with Crippen LogP contribution in [0, 0.1) is 18.6 Å². The summed E-state index contributed by atoms with van der Waals surface area (Å²) in [5.74, 6) is -2.06. The Labute approximate surface area is 160 Å². The Kier molecular flexibility index (Phi) is 5.85. The highest BCUT2D eigenvalue weighted by Crippen LogP contribution is 2.23. The number of rotatable bonds is 6. The van der Waals surface area contributed by atoms with Crippen molar-refractivity contribution in [3.8, 4) is 5.69 Å². The molecular weight excluding hydrogens is 370 g/mol. The third-order valence-corrected chi connectivity index (χ3v) is 4.91. The molecule has 27 heavy (non-hydrogen) atoms. The molecule has 0 saturated carbocycles. The minimum atomic E-state index is -0.981. The molecule has 2 aromatic carbocycles. The van der Waals surface area contributed by atoms with E-state index in [1.54, 1.807) is 17.8 Å². The first-order valence-corrected chi connectivity index (χ1v) is 9.33. The van der Waals surface area contributed by atoms with Gasteiger partial charge in [0.05, 0.1) is 5.75 Å². The number of carbonyl (C=O) groups is 1. The molecule has 0 fully saturated rings. The van der Waals surface area contributed by atoms with Gasteiger partial charge in [0, 0.05) is 24.0 Å². The molecule has 3 rings (SSSR count). The molecule has 3 aromatic rings. The summed E-state index contributed by atoms with van der Waals surface area (Å²) in [6, 6.07) is 11.3. The van der Waals surface area contributed by atoms with Crippen molar-refractivity contribution in [2.75, 3.05) is 17.2 Å². The SMILES string of the molecule is CCN(C(=O)CSc1nncn1-c1ccc(C)cc1)c1ccc(F)c(F)c1. The molecule has 0 N–H and O–H groups in total. The summed E-state index contributed by atoms with van der Waals surface area (Å²) in [4.78, 5) is 14.0. The lowest BCUT2D eigenvalue weighted by Gasteiger charge is -2.21. The molecular formula is C19H18F2N4OS. The predicted molar refractivity (Wildman–Crippen MR) is 101 cm³/mol. The number of thioether (sulfide) groups is 1. The minimum Gasteiger partial charge on any atom is -0.312 e. The van der Waals surface area contributed by atoms with Crippen LogP contribution in [0.2, 0.25) is 0 Å². The normalized spacial score (nSPS) is 10.8. The molecule has 8 heteroatoms. The number of amides is 1. The Balaban J connectivity index is 1.72. The molecule has 5 nitrogen and oxygen atoms in total. The summed E-state index contributed by atoms with van der Waals surface area (Å²) in [5, 5.41) is 8.56. The number of anilines is 1. The lowest BCUT2D eigenvalue weighted by atomic mass is 10.2. The van der Waals surface area contributed by atoms with Crippen molar-refractivity contribution in [3.05, 3.63) is 66.0 Å². The van der Waals surface area contributed by atoms with Crippen LogP contribution in [0.4, 0.5) is 14.5 Å². The van der Waals surface area contributed by atoms with Gasteiger partial charge in [-0.3, -0.25) is 9.36 Å². The van der Waals surface area contributed by atoms with Crippen LogP contribution in [0.3, 0.4) is 0 Å². The number of hydrogen-bond acceptors (Lipinski definition) is 4. The largest absolute Gasteiger partial charge is 0.312 e. The van der Waals surface area contributed by atoms with Gasteiger partial charge in [0.2, 0.25) is 5.91 Å². The van der Waals surface area contributed by atoms with Crippen LogP contribution < -0.4 is 4.90 Å². The first kappa shape index (κ1) is 19.0. The highest BCUT2D eigenvalue weighted by atomic mass is 32.2. The second-order valence-electron chi connectivity index (χ2n) is 5.84. The van der Waals surface area contributed by atoms with Crippen molar-refractivity contribution in [1.29, 1.82) is 0 Å². The van der Waals surface area contributed by atoms with E-state index in [1.165, 1.54) is 22.7 Å². The van der Waals surface area contributed by atoms with E-state index in [-0.39, 0.29) is 11.7 Å². The van der Waals surface area contributed by atoms with Gasteiger partial charge in [-0.05, 0) is 38.1 Å². The predicted octanol–water partition coefficient (Wildman–Crippen LogP) is 4.00. The number of aryl methyl sites for hydroxylation is 1. The van der Waals surface area contributed by atoms with Crippen LogP contribution in [0.5, 0.6) is 0 Å². The maximum absolute atomic E-state index is 13.5. The summed E-state index contributed by atoms with van der Waals surface area (Å²) in [6.45, 7) is 4.12. The van der Waals surface area contributed by atoms with Crippen molar-refractivity contribution in [2.24, 2.45) is 0 Å². The summed E-state index contributed by atoms with van der Waals surface area (Å²) in [6.07, 6.45) is 1.59. The smallest absolute Gasteiger partial charge is 0.237 e. The summed E-state index contributed by atoms with van der Waals surface area (Å²) < 4.78 is 28.4. The van der Waals surface area contributed by atoms with Gasteiger partial charge in [-0.15, -0.1) is 10.2 Å². The van der Waals surface area contributed by atoms with Crippen molar-refractivity contribution < 1.29 is 13.6 Å². The van der Waals surface area contributed by atoms with E-state index >= 15 is 0 Å². The van der Waals surface area contributed by atoms with E-state index in [0.29, 0.717) is 17.4 Å². The van der Waals surface area contributed by atoms with Crippen LogP contribution in [-0.2, 0) is 4.79 Å². The molecule has 0 aliphatic heterocycles. The van der Waals surface area contributed by atoms with E-state index in [0.717, 1.165) is 23.4 Å². The molecule has 0 unspecified atom stereocenters. The van der Waals surface area contributed by atoms with Crippen molar-refractivity contribution in [2.45, 2.75) is 19.0 Å². The number of benzene rings is 2. The van der Waals surface area contributed by atoms with Crippen LogP contribution in [-0.4, -0.2) is 33.0 Å². The van der Waals surface area contributed by atoms with E-state index in [1.807, 2.05) is 31.2 Å². The molecule has 0 aliphatic rings. The molecule has 0 spiro atoms. The quantitative estimate of drug-likeness (QED) is 0.599. The van der Waals surface area contributed by atoms with E-state index in [4.69, 9.17) is 0 Å². The number of halogens is 2. The number of carbonyl (C=O) groups excluding carboxylic acids is 1. The zero-order valence-electron chi connectivity index (χ0n) is 14.9. The van der Waals surface area contributed by atoms with Crippen LogP contribution in [0.25, 0.3) is 5.69 Å². The first-order valence-electron chi connectivity index (χ1n) is 8.35. The Morgan fingerprint density at radius 1 is 1.15 bits per heavy atom. The van der Waals surface area contributed by atoms with Crippen molar-refractivity contribution in [3.63, 3.8) is 0 Å². The topological polar surface area (TPSA) is 51.0 Å². The maximum atomic E-state index is 13.5. The molecule has 0 bridgehead atoms. The monoisotopic (exact) mass is 388 g/mol. The van der Waals surface area contributed by atoms with Gasteiger partial charge in [0.15, 0.2) is 16.8 Å². The van der Waals surface area contributed by atoms with Gasteiger partial charge in [0.1, 0.15) is 6.33 Å². The van der Waals surface area contributed by atoms with Crippen molar-refractivity contribution in [1.82, 2.24) is 14.8 Å². The number of aromatic nitrogens is 3. The Morgan fingerprint density at radius 3 is 2.56 bits per heavy atom. The first-order chi connectivity index (χ1) is 13.0. The molecule has 0 aliphatic carbocycles. The van der Waals surface area contributed by atoms with Crippen LogP contribution >= 0.6 is 11.8 Å². The average molecular weight is 388 g/mol. The molecule has 140 valence electrons. The lowest BCUT2D eigenvalue weighted by Crippen LogP contribution is -2.32. The molecule has 0 atom stereocenters. The summed E-state index contributed by atoms with van der Waals surface area (Å²) in [5.41, 5.74) is 2.36. The fourth-order valence-corrected chi connectivity index (χ4v) is 3.37. The fraction of sp³-hybridized carbons (Fsp3) is 0.211. The second-order valence-corrected chi connectivity index (χ2v) is 6.79. The van der Waals surface area contributed by atoms with Crippen LogP contribution in [0.1, 0.15) is 12.5 Å². The average Bonchev–Trinajstić information content (AvgIpc) is 3.12. The van der Waals surface area contributed by atoms with E-state index in [2.05, 4.69) is 10.2 Å². The van der Waals surface area contributed by atoms with E-state index < -0.39 is 11.6 Å². The minimum absolute atomic E-state index is 0.0946. The second kappa shape index (κ2) is 8.30. The zero-order valence-corrected chi connectivity index (χ0v) is 15.7. The Morgan fingerprint density at radius 2 is 1.89 bits per heavy atom. The number of hydrogen-bond donors (Lipinski definition) is 0. The van der Waals surface area contributed by atoms with Gasteiger partial charge >= 0.3 is 0 Å². The summed E-state index contributed by atoms with van der Waals surface area (Å²) >= 11 is 1.24. The van der Waals surface area contributed by atoms with Gasteiger partial charge in [0.25, 0.3) is 0 Å². The molecule has 0 radical (unpaired) electrons. The van der Waals surface area contributed by atoms with Gasteiger partial charge < -0.3 is 4.90 Å². The third kappa shape index (κ3) is 4.33. The highest BCUT2D eigenvalue weighted by Gasteiger charge is 2.18. The van der Waals surface area contributed by atoms with Crippen LogP contribution in [0.15, 0.2) is 53.9 Å². The van der Waals surface area contributed by atoms with Gasteiger partial charge in [-0.2, -0.15) is 0 Å². The van der Waals surface area contributed by atoms with Crippen molar-refractivity contribution >= 4 is 23.4 Å².